The predicted molar refractivity (Wildman–Crippen MR) is 84.3 cm³/mol. The van der Waals surface area contributed by atoms with Gasteiger partial charge in [0.05, 0.1) is 24.1 Å². The van der Waals surface area contributed by atoms with Crippen molar-refractivity contribution in [1.82, 2.24) is 0 Å². The molecule has 0 saturated carbocycles. The Morgan fingerprint density at radius 3 is 2.53 bits per heavy atom. The summed E-state index contributed by atoms with van der Waals surface area (Å²) in [5, 5.41) is 2.19. The molecule has 1 heterocycles. The normalized spacial score (nSPS) is 12.3. The molecule has 2 nitrogen and oxygen atoms in total. The van der Waals surface area contributed by atoms with E-state index in [1.165, 1.54) is 11.3 Å². The van der Waals surface area contributed by atoms with E-state index in [-0.39, 0.29) is 5.38 Å². The van der Waals surface area contributed by atoms with E-state index in [2.05, 4.69) is 15.9 Å². The number of hydrogen-bond acceptors (Lipinski definition) is 3. The van der Waals surface area contributed by atoms with Gasteiger partial charge in [-0.1, -0.05) is 11.6 Å². The minimum absolute atomic E-state index is 0.334. The van der Waals surface area contributed by atoms with E-state index in [4.69, 9.17) is 32.7 Å². The molecule has 0 amide bonds. The van der Waals surface area contributed by atoms with Gasteiger partial charge in [0, 0.05) is 20.8 Å². The van der Waals surface area contributed by atoms with Crippen molar-refractivity contribution in [2.45, 2.75) is 5.38 Å². The second-order valence-electron chi connectivity index (χ2n) is 3.76. The molecule has 1 aromatic heterocycles. The second kappa shape index (κ2) is 6.35. The summed E-state index contributed by atoms with van der Waals surface area (Å²) in [4.78, 5) is 0.978. The molecule has 102 valence electrons. The summed E-state index contributed by atoms with van der Waals surface area (Å²) in [6, 6.07) is 5.51. The standard InChI is InChI=1S/C13H11BrCl2O2S/c1-17-8-5-11(19-6-8)12(16)9-3-7(15)4-10(14)13(9)18-2/h3-6,12H,1-2H3. The highest BCUT2D eigenvalue weighted by Gasteiger charge is 2.20. The molecule has 0 saturated heterocycles. The van der Waals surface area contributed by atoms with Gasteiger partial charge in [-0.25, -0.2) is 0 Å². The zero-order chi connectivity index (χ0) is 14.0. The van der Waals surface area contributed by atoms with Crippen LogP contribution in [0.25, 0.3) is 0 Å². The SMILES string of the molecule is COc1csc(C(Cl)c2cc(Cl)cc(Br)c2OC)c1. The topological polar surface area (TPSA) is 18.5 Å². The first-order valence-electron chi connectivity index (χ1n) is 5.36. The van der Waals surface area contributed by atoms with Gasteiger partial charge in [-0.05, 0) is 34.1 Å². The van der Waals surface area contributed by atoms with Crippen LogP contribution in [-0.2, 0) is 0 Å². The molecular formula is C13H11BrCl2O2S. The number of thiophene rings is 1. The van der Waals surface area contributed by atoms with Crippen LogP contribution in [-0.4, -0.2) is 14.2 Å². The van der Waals surface area contributed by atoms with E-state index in [9.17, 15) is 0 Å². The molecule has 0 spiro atoms. The molecule has 0 aliphatic rings. The Kier molecular flexibility index (Phi) is 5.01. The number of methoxy groups -OCH3 is 2. The predicted octanol–water partition coefficient (Wildman–Crippen LogP) is 5.51. The summed E-state index contributed by atoms with van der Waals surface area (Å²) in [5.74, 6) is 1.49. The van der Waals surface area contributed by atoms with Gasteiger partial charge in [0.2, 0.25) is 0 Å². The third-order valence-corrected chi connectivity index (χ3v) is 4.98. The van der Waals surface area contributed by atoms with Crippen molar-refractivity contribution in [3.05, 3.63) is 43.5 Å². The largest absolute Gasteiger partial charge is 0.496 e. The average Bonchev–Trinajstić information content (AvgIpc) is 2.85. The fourth-order valence-electron chi connectivity index (χ4n) is 1.71. The highest BCUT2D eigenvalue weighted by Crippen LogP contribution is 2.43. The van der Waals surface area contributed by atoms with Crippen molar-refractivity contribution in [3.8, 4) is 11.5 Å². The van der Waals surface area contributed by atoms with Crippen LogP contribution in [0.3, 0.4) is 0 Å². The van der Waals surface area contributed by atoms with Crippen LogP contribution in [0.15, 0.2) is 28.1 Å². The van der Waals surface area contributed by atoms with Crippen molar-refractivity contribution >= 4 is 50.5 Å². The number of hydrogen-bond donors (Lipinski definition) is 0. The van der Waals surface area contributed by atoms with E-state index in [0.29, 0.717) is 10.8 Å². The van der Waals surface area contributed by atoms with Crippen LogP contribution in [0.5, 0.6) is 11.5 Å². The van der Waals surface area contributed by atoms with Crippen LogP contribution in [0.2, 0.25) is 5.02 Å². The third kappa shape index (κ3) is 3.19. The molecule has 1 unspecified atom stereocenters. The molecule has 0 N–H and O–H groups in total. The van der Waals surface area contributed by atoms with Crippen molar-refractivity contribution < 1.29 is 9.47 Å². The monoisotopic (exact) mass is 380 g/mol. The molecule has 2 rings (SSSR count). The lowest BCUT2D eigenvalue weighted by Crippen LogP contribution is -1.97. The van der Waals surface area contributed by atoms with Crippen LogP contribution in [0.1, 0.15) is 15.8 Å². The molecule has 0 aliphatic carbocycles. The minimum atomic E-state index is -0.334. The third-order valence-electron chi connectivity index (χ3n) is 2.60. The Balaban J connectivity index is 2.45. The summed E-state index contributed by atoms with van der Waals surface area (Å²) >= 11 is 17.6. The first-order valence-corrected chi connectivity index (χ1v) is 7.85. The molecule has 6 heteroatoms. The number of ether oxygens (including phenoxy) is 2. The lowest BCUT2D eigenvalue weighted by Gasteiger charge is -2.14. The second-order valence-corrected chi connectivity index (χ2v) is 6.43. The van der Waals surface area contributed by atoms with Gasteiger partial charge in [-0.3, -0.25) is 0 Å². The number of rotatable bonds is 4. The Morgan fingerprint density at radius 2 is 1.95 bits per heavy atom. The minimum Gasteiger partial charge on any atom is -0.496 e. The highest BCUT2D eigenvalue weighted by molar-refractivity contribution is 9.10. The molecule has 1 aromatic carbocycles. The summed E-state index contributed by atoms with van der Waals surface area (Å²) < 4.78 is 11.3. The van der Waals surface area contributed by atoms with E-state index >= 15 is 0 Å². The molecule has 19 heavy (non-hydrogen) atoms. The van der Waals surface area contributed by atoms with Crippen LogP contribution < -0.4 is 9.47 Å². The maximum Gasteiger partial charge on any atom is 0.138 e. The zero-order valence-corrected chi connectivity index (χ0v) is 14.2. The Hall–Kier alpha value is -0.420. The Bertz CT molecular complexity index is 586. The van der Waals surface area contributed by atoms with Crippen LogP contribution in [0.4, 0.5) is 0 Å². The summed E-state index contributed by atoms with van der Waals surface area (Å²) in [5.41, 5.74) is 0.827. The summed E-state index contributed by atoms with van der Waals surface area (Å²) in [7, 11) is 3.24. The van der Waals surface area contributed by atoms with E-state index in [1.54, 1.807) is 20.3 Å². The fourth-order valence-corrected chi connectivity index (χ4v) is 3.93. The molecule has 0 bridgehead atoms. The van der Waals surface area contributed by atoms with Gasteiger partial charge in [0.1, 0.15) is 11.5 Å². The van der Waals surface area contributed by atoms with E-state index in [1.807, 2.05) is 17.5 Å². The van der Waals surface area contributed by atoms with Crippen molar-refractivity contribution in [1.29, 1.82) is 0 Å². The average molecular weight is 382 g/mol. The number of alkyl halides is 1. The number of benzene rings is 1. The quantitative estimate of drug-likeness (QED) is 0.650. The first-order chi connectivity index (χ1) is 9.06. The van der Waals surface area contributed by atoms with Gasteiger partial charge in [0.15, 0.2) is 0 Å². The summed E-state index contributed by atoms with van der Waals surface area (Å²) in [6.07, 6.45) is 0. The van der Waals surface area contributed by atoms with Crippen molar-refractivity contribution in [3.63, 3.8) is 0 Å². The molecule has 0 radical (unpaired) electrons. The lowest BCUT2D eigenvalue weighted by molar-refractivity contribution is 0.407. The molecular weight excluding hydrogens is 371 g/mol. The van der Waals surface area contributed by atoms with Crippen LogP contribution >= 0.6 is 50.5 Å². The van der Waals surface area contributed by atoms with Gasteiger partial charge in [-0.2, -0.15) is 0 Å². The smallest absolute Gasteiger partial charge is 0.138 e. The Morgan fingerprint density at radius 1 is 1.21 bits per heavy atom. The van der Waals surface area contributed by atoms with Crippen LogP contribution in [0, 0.1) is 0 Å². The molecule has 0 fully saturated rings. The first kappa shape index (κ1) is 15.0. The van der Waals surface area contributed by atoms with Crippen molar-refractivity contribution in [2.24, 2.45) is 0 Å². The fraction of sp³-hybridized carbons (Fsp3) is 0.231. The van der Waals surface area contributed by atoms with Gasteiger partial charge in [-0.15, -0.1) is 22.9 Å². The zero-order valence-electron chi connectivity index (χ0n) is 10.2. The van der Waals surface area contributed by atoms with E-state index in [0.717, 1.165) is 20.7 Å². The Labute approximate surface area is 134 Å². The van der Waals surface area contributed by atoms with Gasteiger partial charge >= 0.3 is 0 Å². The van der Waals surface area contributed by atoms with Crippen molar-refractivity contribution in [2.75, 3.05) is 14.2 Å². The summed E-state index contributed by atoms with van der Waals surface area (Å²) in [6.45, 7) is 0. The maximum atomic E-state index is 6.53. The van der Waals surface area contributed by atoms with Gasteiger partial charge in [0.25, 0.3) is 0 Å². The molecule has 1 atom stereocenters. The van der Waals surface area contributed by atoms with E-state index < -0.39 is 0 Å². The molecule has 0 aliphatic heterocycles. The number of halogens is 3. The lowest BCUT2D eigenvalue weighted by atomic mass is 10.1. The molecule has 2 aromatic rings. The highest BCUT2D eigenvalue weighted by atomic mass is 79.9. The van der Waals surface area contributed by atoms with Gasteiger partial charge < -0.3 is 9.47 Å². The maximum absolute atomic E-state index is 6.53.